The van der Waals surface area contributed by atoms with E-state index in [0.717, 1.165) is 10.2 Å². The van der Waals surface area contributed by atoms with Gasteiger partial charge in [0.15, 0.2) is 0 Å². The molecule has 2 aromatic rings. The van der Waals surface area contributed by atoms with Crippen LogP contribution in [0.2, 0.25) is 0 Å². The molecule has 0 atom stereocenters. The van der Waals surface area contributed by atoms with Crippen LogP contribution in [-0.2, 0) is 10.8 Å². The van der Waals surface area contributed by atoms with Crippen molar-refractivity contribution in [2.45, 2.75) is 59.3 Å². The van der Waals surface area contributed by atoms with Gasteiger partial charge in [-0.2, -0.15) is 0 Å². The second-order valence-electron chi connectivity index (χ2n) is 7.96. The van der Waals surface area contributed by atoms with Crippen LogP contribution in [0, 0.1) is 0 Å². The molecular formula is C20H27BrO. The molecule has 22 heavy (non-hydrogen) atoms. The molecule has 0 aliphatic carbocycles. The van der Waals surface area contributed by atoms with Crippen LogP contribution in [0.1, 0.15) is 59.6 Å². The predicted octanol–water partition coefficient (Wildman–Crippen LogP) is 6.60. The fourth-order valence-corrected chi connectivity index (χ4v) is 3.23. The third-order valence-corrected chi connectivity index (χ3v) is 4.63. The maximum absolute atomic E-state index is 5.90. The molecule has 0 aliphatic heterocycles. The van der Waals surface area contributed by atoms with E-state index in [-0.39, 0.29) is 10.8 Å². The average molecular weight is 363 g/mol. The largest absolute Gasteiger partial charge is 0.494 e. The molecule has 0 heterocycles. The Balaban J connectivity index is 2.77. The Morgan fingerprint density at radius 1 is 0.909 bits per heavy atom. The Labute approximate surface area is 143 Å². The molecule has 0 aromatic heterocycles. The van der Waals surface area contributed by atoms with E-state index in [0.29, 0.717) is 6.61 Å². The molecule has 0 saturated heterocycles. The standard InChI is InChI=1S/C20H27BrO/c1-8-22-18-12-15-13(10-16(18)20(5,6)7)9-14(11-17(15)21)19(2,3)4/h9-12H,8H2,1-7H3. The molecule has 0 aliphatic rings. The molecule has 0 amide bonds. The summed E-state index contributed by atoms with van der Waals surface area (Å²) in [4.78, 5) is 0. The minimum atomic E-state index is 0.0584. The fourth-order valence-electron chi connectivity index (χ4n) is 2.64. The summed E-state index contributed by atoms with van der Waals surface area (Å²) in [5.74, 6) is 0.992. The molecular weight excluding hydrogens is 336 g/mol. The zero-order chi connectivity index (χ0) is 16.7. The summed E-state index contributed by atoms with van der Waals surface area (Å²) in [5.41, 5.74) is 2.80. The Kier molecular flexibility index (Phi) is 4.64. The van der Waals surface area contributed by atoms with Crippen LogP contribution in [-0.4, -0.2) is 6.61 Å². The van der Waals surface area contributed by atoms with Crippen LogP contribution in [0.25, 0.3) is 10.8 Å². The van der Waals surface area contributed by atoms with Crippen LogP contribution >= 0.6 is 15.9 Å². The van der Waals surface area contributed by atoms with E-state index >= 15 is 0 Å². The van der Waals surface area contributed by atoms with Crippen molar-refractivity contribution in [2.75, 3.05) is 6.61 Å². The van der Waals surface area contributed by atoms with Gasteiger partial charge in [-0.1, -0.05) is 63.5 Å². The smallest absolute Gasteiger partial charge is 0.123 e. The lowest BCUT2D eigenvalue weighted by atomic mass is 9.82. The molecule has 0 unspecified atom stereocenters. The number of hydrogen-bond acceptors (Lipinski definition) is 1. The van der Waals surface area contributed by atoms with Crippen molar-refractivity contribution in [1.29, 1.82) is 0 Å². The van der Waals surface area contributed by atoms with E-state index in [1.165, 1.54) is 21.9 Å². The van der Waals surface area contributed by atoms with Crippen LogP contribution < -0.4 is 4.74 Å². The molecule has 120 valence electrons. The van der Waals surface area contributed by atoms with Gasteiger partial charge < -0.3 is 4.74 Å². The summed E-state index contributed by atoms with van der Waals surface area (Å²) >= 11 is 3.74. The van der Waals surface area contributed by atoms with Crippen LogP contribution in [0.3, 0.4) is 0 Å². The lowest BCUT2D eigenvalue weighted by Crippen LogP contribution is -2.14. The second kappa shape index (κ2) is 5.88. The summed E-state index contributed by atoms with van der Waals surface area (Å²) in [7, 11) is 0. The first-order chi connectivity index (χ1) is 10.0. The van der Waals surface area contributed by atoms with Crippen molar-refractivity contribution < 1.29 is 4.74 Å². The molecule has 1 nitrogen and oxygen atoms in total. The van der Waals surface area contributed by atoms with Gasteiger partial charge in [-0.3, -0.25) is 0 Å². The number of hydrogen-bond donors (Lipinski definition) is 0. The van der Waals surface area contributed by atoms with Crippen molar-refractivity contribution in [3.05, 3.63) is 39.9 Å². The van der Waals surface area contributed by atoms with Crippen molar-refractivity contribution >= 4 is 26.7 Å². The maximum Gasteiger partial charge on any atom is 0.123 e. The molecule has 0 radical (unpaired) electrons. The molecule has 2 rings (SSSR count). The molecule has 2 heteroatoms. The van der Waals surface area contributed by atoms with Gasteiger partial charge in [-0.15, -0.1) is 0 Å². The molecule has 0 N–H and O–H groups in total. The van der Waals surface area contributed by atoms with Gasteiger partial charge in [0.2, 0.25) is 0 Å². The molecule has 2 aromatic carbocycles. The zero-order valence-corrected chi connectivity index (χ0v) is 16.4. The molecule has 0 saturated carbocycles. The maximum atomic E-state index is 5.90. The number of ether oxygens (including phenoxy) is 1. The minimum Gasteiger partial charge on any atom is -0.494 e. The number of fused-ring (bicyclic) bond motifs is 1. The Morgan fingerprint density at radius 2 is 1.55 bits per heavy atom. The Morgan fingerprint density at radius 3 is 2.05 bits per heavy atom. The summed E-state index contributed by atoms with van der Waals surface area (Å²) in [5, 5.41) is 2.48. The summed E-state index contributed by atoms with van der Waals surface area (Å²) in [6, 6.07) is 9.01. The number of rotatable bonds is 2. The first-order valence-corrected chi connectivity index (χ1v) is 8.74. The fraction of sp³-hybridized carbons (Fsp3) is 0.500. The van der Waals surface area contributed by atoms with Gasteiger partial charge in [0.1, 0.15) is 5.75 Å². The monoisotopic (exact) mass is 362 g/mol. The van der Waals surface area contributed by atoms with Gasteiger partial charge in [-0.25, -0.2) is 0 Å². The highest BCUT2D eigenvalue weighted by Gasteiger charge is 2.22. The predicted molar refractivity (Wildman–Crippen MR) is 100 cm³/mol. The van der Waals surface area contributed by atoms with E-state index in [4.69, 9.17) is 4.74 Å². The summed E-state index contributed by atoms with van der Waals surface area (Å²) in [6.45, 7) is 16.2. The van der Waals surface area contributed by atoms with Gasteiger partial charge in [-0.05, 0) is 52.3 Å². The number of halogens is 1. The van der Waals surface area contributed by atoms with Gasteiger partial charge in [0.25, 0.3) is 0 Å². The van der Waals surface area contributed by atoms with Gasteiger partial charge in [0, 0.05) is 10.0 Å². The SMILES string of the molecule is CCOc1cc2c(Br)cc(C(C)(C)C)cc2cc1C(C)(C)C. The second-order valence-corrected chi connectivity index (χ2v) is 8.81. The van der Waals surface area contributed by atoms with E-state index in [2.05, 4.69) is 81.7 Å². The normalized spacial score (nSPS) is 12.7. The highest BCUT2D eigenvalue weighted by atomic mass is 79.9. The third-order valence-electron chi connectivity index (χ3n) is 3.98. The lowest BCUT2D eigenvalue weighted by Gasteiger charge is -2.25. The molecule has 0 fully saturated rings. The van der Waals surface area contributed by atoms with Crippen molar-refractivity contribution in [3.8, 4) is 5.75 Å². The highest BCUT2D eigenvalue weighted by molar-refractivity contribution is 9.10. The van der Waals surface area contributed by atoms with Gasteiger partial charge >= 0.3 is 0 Å². The Bertz CT molecular complexity index is 687. The number of benzene rings is 2. The Hall–Kier alpha value is -1.02. The first kappa shape index (κ1) is 17.3. The van der Waals surface area contributed by atoms with Crippen LogP contribution in [0.15, 0.2) is 28.7 Å². The average Bonchev–Trinajstić information content (AvgIpc) is 2.36. The molecule has 0 spiro atoms. The third kappa shape index (κ3) is 3.48. The molecule has 0 bridgehead atoms. The van der Waals surface area contributed by atoms with Crippen molar-refractivity contribution in [2.24, 2.45) is 0 Å². The quantitative estimate of drug-likeness (QED) is 0.584. The highest BCUT2D eigenvalue weighted by Crippen LogP contribution is 2.39. The topological polar surface area (TPSA) is 9.23 Å². The van der Waals surface area contributed by atoms with E-state index < -0.39 is 0 Å². The van der Waals surface area contributed by atoms with Crippen LogP contribution in [0.5, 0.6) is 5.75 Å². The minimum absolute atomic E-state index is 0.0584. The summed E-state index contributed by atoms with van der Waals surface area (Å²) < 4.78 is 7.04. The zero-order valence-electron chi connectivity index (χ0n) is 14.8. The van der Waals surface area contributed by atoms with E-state index in [1.54, 1.807) is 0 Å². The van der Waals surface area contributed by atoms with E-state index in [1.807, 2.05) is 6.92 Å². The van der Waals surface area contributed by atoms with Crippen LogP contribution in [0.4, 0.5) is 0 Å². The van der Waals surface area contributed by atoms with Crippen molar-refractivity contribution in [3.63, 3.8) is 0 Å². The first-order valence-electron chi connectivity index (χ1n) is 7.95. The lowest BCUT2D eigenvalue weighted by molar-refractivity contribution is 0.330. The van der Waals surface area contributed by atoms with E-state index in [9.17, 15) is 0 Å². The summed E-state index contributed by atoms with van der Waals surface area (Å²) in [6.07, 6.45) is 0. The van der Waals surface area contributed by atoms with Crippen molar-refractivity contribution in [1.82, 2.24) is 0 Å². The van der Waals surface area contributed by atoms with Gasteiger partial charge in [0.05, 0.1) is 6.61 Å².